The highest BCUT2D eigenvalue weighted by atomic mass is 16.2. The minimum absolute atomic E-state index is 0.117. The van der Waals surface area contributed by atoms with E-state index in [2.05, 4.69) is 21.9 Å². The van der Waals surface area contributed by atoms with Gasteiger partial charge in [0.1, 0.15) is 0 Å². The third-order valence-electron chi connectivity index (χ3n) is 3.67. The lowest BCUT2D eigenvalue weighted by molar-refractivity contribution is 0.0763. The van der Waals surface area contributed by atoms with Crippen molar-refractivity contribution in [2.75, 3.05) is 33.2 Å². The van der Waals surface area contributed by atoms with Gasteiger partial charge in [0.25, 0.3) is 5.91 Å². The van der Waals surface area contributed by atoms with Crippen LogP contribution in [0.4, 0.5) is 0 Å². The average Bonchev–Trinajstić information content (AvgIpc) is 2.78. The summed E-state index contributed by atoms with van der Waals surface area (Å²) in [4.78, 5) is 23.9. The minimum atomic E-state index is 0.117. The zero-order chi connectivity index (χ0) is 13.2. The smallest absolute Gasteiger partial charge is 0.253 e. The van der Waals surface area contributed by atoms with Gasteiger partial charge in [-0.2, -0.15) is 0 Å². The molecule has 0 unspecified atom stereocenters. The lowest BCUT2D eigenvalue weighted by Crippen LogP contribution is -2.34. The van der Waals surface area contributed by atoms with Crippen LogP contribution in [0.15, 0.2) is 24.5 Å². The molecule has 5 nitrogen and oxygen atoms in total. The summed E-state index contributed by atoms with van der Waals surface area (Å²) in [5.74, 6) is 0.117. The van der Waals surface area contributed by atoms with E-state index >= 15 is 0 Å². The van der Waals surface area contributed by atoms with E-state index in [1.165, 1.54) is 0 Å². The van der Waals surface area contributed by atoms with Gasteiger partial charge in [-0.25, -0.2) is 4.98 Å². The van der Waals surface area contributed by atoms with E-state index in [0.29, 0.717) is 0 Å². The number of aromatic amines is 1. The van der Waals surface area contributed by atoms with Crippen LogP contribution in [-0.4, -0.2) is 58.9 Å². The normalized spacial score (nSPS) is 17.6. The summed E-state index contributed by atoms with van der Waals surface area (Å²) in [6, 6.07) is 5.64. The number of hydrogen-bond acceptors (Lipinski definition) is 3. The first kappa shape index (κ1) is 12.2. The number of imidazole rings is 1. The summed E-state index contributed by atoms with van der Waals surface area (Å²) in [6.07, 6.45) is 2.69. The molecule has 0 aliphatic carbocycles. The molecule has 100 valence electrons. The highest BCUT2D eigenvalue weighted by Crippen LogP contribution is 2.14. The molecular formula is C14H18N4O. The summed E-state index contributed by atoms with van der Waals surface area (Å²) in [7, 11) is 2.10. The van der Waals surface area contributed by atoms with Crippen molar-refractivity contribution in [3.63, 3.8) is 0 Å². The first-order chi connectivity index (χ1) is 9.24. The molecular weight excluding hydrogens is 240 g/mol. The van der Waals surface area contributed by atoms with E-state index < -0.39 is 0 Å². The standard InChI is InChI=1S/C14H18N4O/c1-17-5-2-6-18(8-7-17)14(19)11-3-4-12-13(9-11)16-10-15-12/h3-4,9-10H,2,5-8H2,1H3,(H,15,16). The van der Waals surface area contributed by atoms with Gasteiger partial charge < -0.3 is 14.8 Å². The quantitative estimate of drug-likeness (QED) is 0.840. The van der Waals surface area contributed by atoms with Crippen molar-refractivity contribution in [2.24, 2.45) is 0 Å². The molecule has 1 saturated heterocycles. The molecule has 3 rings (SSSR count). The van der Waals surface area contributed by atoms with Gasteiger partial charge in [0.15, 0.2) is 0 Å². The van der Waals surface area contributed by atoms with Crippen molar-refractivity contribution in [1.82, 2.24) is 19.8 Å². The molecule has 1 fully saturated rings. The largest absolute Gasteiger partial charge is 0.345 e. The summed E-state index contributed by atoms with van der Waals surface area (Å²) < 4.78 is 0. The summed E-state index contributed by atoms with van der Waals surface area (Å²) in [5.41, 5.74) is 2.55. The molecule has 1 aliphatic rings. The Kier molecular flexibility index (Phi) is 3.21. The average molecular weight is 258 g/mol. The Hall–Kier alpha value is -1.88. The summed E-state index contributed by atoms with van der Waals surface area (Å²) in [5, 5.41) is 0. The van der Waals surface area contributed by atoms with Crippen LogP contribution in [-0.2, 0) is 0 Å². The van der Waals surface area contributed by atoms with Crippen LogP contribution in [0.1, 0.15) is 16.8 Å². The Morgan fingerprint density at radius 3 is 3.05 bits per heavy atom. The zero-order valence-electron chi connectivity index (χ0n) is 11.1. The van der Waals surface area contributed by atoms with E-state index in [1.807, 2.05) is 23.1 Å². The maximum atomic E-state index is 12.5. The number of nitrogens with one attached hydrogen (secondary N) is 1. The molecule has 1 aliphatic heterocycles. The van der Waals surface area contributed by atoms with E-state index in [9.17, 15) is 4.79 Å². The maximum absolute atomic E-state index is 12.5. The minimum Gasteiger partial charge on any atom is -0.345 e. The first-order valence-corrected chi connectivity index (χ1v) is 6.65. The van der Waals surface area contributed by atoms with Gasteiger partial charge >= 0.3 is 0 Å². The molecule has 1 aromatic carbocycles. The Morgan fingerprint density at radius 1 is 1.26 bits per heavy atom. The monoisotopic (exact) mass is 258 g/mol. The van der Waals surface area contributed by atoms with Gasteiger partial charge in [-0.1, -0.05) is 0 Å². The number of fused-ring (bicyclic) bond motifs is 1. The molecule has 2 heterocycles. The maximum Gasteiger partial charge on any atom is 0.253 e. The Morgan fingerprint density at radius 2 is 2.16 bits per heavy atom. The number of rotatable bonds is 1. The molecule has 0 spiro atoms. The van der Waals surface area contributed by atoms with Crippen molar-refractivity contribution < 1.29 is 4.79 Å². The van der Waals surface area contributed by atoms with Crippen LogP contribution in [0.3, 0.4) is 0 Å². The van der Waals surface area contributed by atoms with Crippen LogP contribution >= 0.6 is 0 Å². The molecule has 1 aromatic heterocycles. The fourth-order valence-electron chi connectivity index (χ4n) is 2.50. The van der Waals surface area contributed by atoms with Crippen LogP contribution in [0.5, 0.6) is 0 Å². The fourth-order valence-corrected chi connectivity index (χ4v) is 2.50. The van der Waals surface area contributed by atoms with Gasteiger partial charge in [-0.15, -0.1) is 0 Å². The third-order valence-corrected chi connectivity index (χ3v) is 3.67. The number of amides is 1. The Labute approximate surface area is 112 Å². The molecule has 2 aromatic rings. The number of H-pyrrole nitrogens is 1. The number of hydrogen-bond donors (Lipinski definition) is 1. The molecule has 0 saturated carbocycles. The second-order valence-electron chi connectivity index (χ2n) is 5.08. The van der Waals surface area contributed by atoms with Gasteiger partial charge in [0.05, 0.1) is 17.4 Å². The second kappa shape index (κ2) is 5.01. The molecule has 0 bridgehead atoms. The molecule has 0 atom stereocenters. The second-order valence-corrected chi connectivity index (χ2v) is 5.08. The van der Waals surface area contributed by atoms with Gasteiger partial charge in [0, 0.05) is 25.2 Å². The van der Waals surface area contributed by atoms with E-state index in [4.69, 9.17) is 0 Å². The lowest BCUT2D eigenvalue weighted by Gasteiger charge is -2.20. The van der Waals surface area contributed by atoms with Gasteiger partial charge in [-0.05, 0) is 38.2 Å². The van der Waals surface area contributed by atoms with Crippen molar-refractivity contribution in [3.05, 3.63) is 30.1 Å². The van der Waals surface area contributed by atoms with Crippen molar-refractivity contribution in [2.45, 2.75) is 6.42 Å². The van der Waals surface area contributed by atoms with Crippen molar-refractivity contribution in [1.29, 1.82) is 0 Å². The van der Waals surface area contributed by atoms with Crippen LogP contribution < -0.4 is 0 Å². The predicted molar refractivity (Wildman–Crippen MR) is 74.1 cm³/mol. The number of carbonyl (C=O) groups excluding carboxylic acids is 1. The highest BCUT2D eigenvalue weighted by molar-refractivity contribution is 5.97. The Bertz CT molecular complexity index is 592. The summed E-state index contributed by atoms with van der Waals surface area (Å²) in [6.45, 7) is 3.64. The van der Waals surface area contributed by atoms with Crippen LogP contribution in [0.2, 0.25) is 0 Å². The predicted octanol–water partition coefficient (Wildman–Crippen LogP) is 1.34. The lowest BCUT2D eigenvalue weighted by atomic mass is 10.1. The van der Waals surface area contributed by atoms with E-state index in [1.54, 1.807) is 6.33 Å². The van der Waals surface area contributed by atoms with Gasteiger partial charge in [-0.3, -0.25) is 4.79 Å². The molecule has 1 N–H and O–H groups in total. The number of nitrogens with zero attached hydrogens (tertiary/aromatic N) is 3. The first-order valence-electron chi connectivity index (χ1n) is 6.65. The van der Waals surface area contributed by atoms with E-state index in [0.717, 1.165) is 49.2 Å². The van der Waals surface area contributed by atoms with Crippen LogP contribution in [0.25, 0.3) is 11.0 Å². The number of carbonyl (C=O) groups is 1. The molecule has 0 radical (unpaired) electrons. The number of benzene rings is 1. The fraction of sp³-hybridized carbons (Fsp3) is 0.429. The number of likely N-dealkylation sites (N-methyl/N-ethyl adjacent to an activating group) is 1. The van der Waals surface area contributed by atoms with Crippen molar-refractivity contribution in [3.8, 4) is 0 Å². The van der Waals surface area contributed by atoms with Crippen LogP contribution in [0, 0.1) is 0 Å². The Balaban J connectivity index is 1.82. The number of aromatic nitrogens is 2. The summed E-state index contributed by atoms with van der Waals surface area (Å²) >= 11 is 0. The van der Waals surface area contributed by atoms with E-state index in [-0.39, 0.29) is 5.91 Å². The van der Waals surface area contributed by atoms with Gasteiger partial charge in [0.2, 0.25) is 0 Å². The topological polar surface area (TPSA) is 52.2 Å². The third kappa shape index (κ3) is 2.46. The van der Waals surface area contributed by atoms with Crippen molar-refractivity contribution >= 4 is 16.9 Å². The molecule has 19 heavy (non-hydrogen) atoms. The highest BCUT2D eigenvalue weighted by Gasteiger charge is 2.19. The molecule has 1 amide bonds. The molecule has 5 heteroatoms. The SMILES string of the molecule is CN1CCCN(C(=O)c2ccc3nc[nH]c3c2)CC1. The zero-order valence-corrected chi connectivity index (χ0v) is 11.1.